The Morgan fingerprint density at radius 1 is 1.18 bits per heavy atom. The van der Waals surface area contributed by atoms with Crippen molar-refractivity contribution in [1.82, 2.24) is 5.32 Å². The molecule has 2 aromatic rings. The fourth-order valence-electron chi connectivity index (χ4n) is 3.41. The van der Waals surface area contributed by atoms with E-state index in [4.69, 9.17) is 5.73 Å². The van der Waals surface area contributed by atoms with Crippen LogP contribution in [-0.2, 0) is 21.2 Å². The van der Waals surface area contributed by atoms with Crippen molar-refractivity contribution in [2.75, 3.05) is 17.2 Å². The highest BCUT2D eigenvalue weighted by Gasteiger charge is 2.37. The first-order valence-corrected chi connectivity index (χ1v) is 11.6. The van der Waals surface area contributed by atoms with E-state index in [9.17, 15) is 35.6 Å². The largest absolute Gasteiger partial charge is 0.389 e. The van der Waals surface area contributed by atoms with Crippen molar-refractivity contribution in [2.24, 2.45) is 5.73 Å². The zero-order valence-electron chi connectivity index (χ0n) is 17.6. The number of rotatable bonds is 6. The van der Waals surface area contributed by atoms with Gasteiger partial charge >= 0.3 is 6.18 Å². The van der Waals surface area contributed by atoms with Crippen molar-refractivity contribution in [3.05, 3.63) is 59.4 Å². The van der Waals surface area contributed by atoms with Crippen molar-refractivity contribution in [2.45, 2.75) is 36.5 Å². The number of nitrogens with one attached hydrogen (secondary N) is 1. The van der Waals surface area contributed by atoms with Gasteiger partial charge < -0.3 is 16.0 Å². The third-order valence-corrected chi connectivity index (χ3v) is 6.80. The van der Waals surface area contributed by atoms with Gasteiger partial charge in [-0.2, -0.15) is 13.2 Å². The van der Waals surface area contributed by atoms with E-state index in [1.807, 2.05) is 0 Å². The molecule has 2 aromatic carbocycles. The average Bonchev–Trinajstić information content (AvgIpc) is 2.79. The fraction of sp³-hybridized carbons (Fsp3) is 0.333. The quantitative estimate of drug-likeness (QED) is 0.447. The van der Waals surface area contributed by atoms with E-state index < -0.39 is 68.7 Å². The van der Waals surface area contributed by atoms with Crippen LogP contribution in [0.25, 0.3) is 0 Å². The van der Waals surface area contributed by atoms with E-state index in [-0.39, 0.29) is 31.2 Å². The minimum atomic E-state index is -4.40. The van der Waals surface area contributed by atoms with Crippen LogP contribution in [0.3, 0.4) is 0 Å². The van der Waals surface area contributed by atoms with Crippen LogP contribution < -0.4 is 16.0 Å². The normalized spacial score (nSPS) is 17.4. The van der Waals surface area contributed by atoms with Crippen LogP contribution in [0.4, 0.5) is 23.2 Å². The number of anilines is 1. The summed E-state index contributed by atoms with van der Waals surface area (Å²) in [5, 5.41) is 2.18. The highest BCUT2D eigenvalue weighted by atomic mass is 35.5. The molecule has 34 heavy (non-hydrogen) atoms. The summed E-state index contributed by atoms with van der Waals surface area (Å²) in [6, 6.07) is 8.69. The summed E-state index contributed by atoms with van der Waals surface area (Å²) >= 11 is 0. The van der Waals surface area contributed by atoms with E-state index in [1.54, 1.807) is 30.3 Å². The number of halogens is 5. The van der Waals surface area contributed by atoms with Crippen LogP contribution in [0, 0.1) is 5.82 Å². The number of benzene rings is 2. The molecule has 0 bridgehead atoms. The van der Waals surface area contributed by atoms with Gasteiger partial charge in [0.1, 0.15) is 5.82 Å². The monoisotopic (exact) mass is 523 g/mol. The SMILES string of the molecule is Cl.N[C@H]1CS(=O)(=O)c2cc(F)c(C(=O)NCCCC(F)(F)F)cc2N(Cc2ccccc2)C1=O. The molecule has 3 rings (SSSR count). The molecule has 0 saturated heterocycles. The Labute approximate surface area is 199 Å². The third-order valence-electron chi connectivity index (χ3n) is 5.01. The van der Waals surface area contributed by atoms with Gasteiger partial charge in [-0.3, -0.25) is 9.59 Å². The van der Waals surface area contributed by atoms with E-state index in [2.05, 4.69) is 5.32 Å². The van der Waals surface area contributed by atoms with E-state index >= 15 is 0 Å². The Morgan fingerprint density at radius 2 is 1.82 bits per heavy atom. The molecule has 2 amide bonds. The molecule has 1 aliphatic heterocycles. The lowest BCUT2D eigenvalue weighted by Crippen LogP contribution is -2.45. The number of sulfone groups is 1. The molecule has 1 aliphatic rings. The Balaban J connectivity index is 0.00000408. The van der Waals surface area contributed by atoms with E-state index in [0.717, 1.165) is 11.0 Å². The number of amides is 2. The maximum Gasteiger partial charge on any atom is 0.389 e. The summed E-state index contributed by atoms with van der Waals surface area (Å²) in [4.78, 5) is 25.9. The van der Waals surface area contributed by atoms with Gasteiger partial charge in [0, 0.05) is 13.0 Å². The summed E-state index contributed by atoms with van der Waals surface area (Å²) in [6.07, 6.45) is -5.94. The summed E-state index contributed by atoms with van der Waals surface area (Å²) < 4.78 is 77.1. The highest BCUT2D eigenvalue weighted by Crippen LogP contribution is 2.34. The molecule has 1 heterocycles. The molecule has 7 nitrogen and oxygen atoms in total. The predicted molar refractivity (Wildman–Crippen MR) is 119 cm³/mol. The maximum atomic E-state index is 14.7. The molecule has 13 heteroatoms. The van der Waals surface area contributed by atoms with E-state index in [1.165, 1.54) is 0 Å². The highest BCUT2D eigenvalue weighted by molar-refractivity contribution is 7.91. The average molecular weight is 524 g/mol. The molecule has 0 aliphatic carbocycles. The maximum absolute atomic E-state index is 14.7. The first-order chi connectivity index (χ1) is 15.4. The minimum absolute atomic E-state index is 0. The summed E-state index contributed by atoms with van der Waals surface area (Å²) in [6.45, 7) is -0.459. The Morgan fingerprint density at radius 3 is 2.44 bits per heavy atom. The van der Waals surface area contributed by atoms with Crippen molar-refractivity contribution < 1.29 is 35.6 Å². The number of nitrogens with two attached hydrogens (primary N) is 1. The molecule has 1 atom stereocenters. The molecule has 0 fully saturated rings. The number of fused-ring (bicyclic) bond motifs is 1. The van der Waals surface area contributed by atoms with Crippen LogP contribution in [0.1, 0.15) is 28.8 Å². The van der Waals surface area contributed by atoms with Gasteiger partial charge in [-0.1, -0.05) is 30.3 Å². The molecule has 0 aromatic heterocycles. The summed E-state index contributed by atoms with van der Waals surface area (Å²) in [5.74, 6) is -3.69. The number of alkyl halides is 3. The fourth-order valence-corrected chi connectivity index (χ4v) is 4.97. The van der Waals surface area contributed by atoms with Crippen LogP contribution in [0.5, 0.6) is 0 Å². The zero-order chi connectivity index (χ0) is 24.4. The Bertz CT molecular complexity index is 1160. The van der Waals surface area contributed by atoms with Gasteiger partial charge in [0.05, 0.1) is 34.5 Å². The van der Waals surface area contributed by atoms with Crippen LogP contribution in [0.2, 0.25) is 0 Å². The number of nitrogens with zero attached hydrogens (tertiary/aromatic N) is 1. The van der Waals surface area contributed by atoms with Crippen molar-refractivity contribution in [3.63, 3.8) is 0 Å². The molecule has 0 unspecified atom stereocenters. The standard InChI is InChI=1S/C21H21F4N3O4S.ClH/c22-15-10-18-17(9-14(15)19(29)27-8-4-7-21(23,24)25)28(11-13-5-2-1-3-6-13)20(30)16(26)12-33(18,31)32;/h1-3,5-6,9-10,16H,4,7-8,11-12,26H2,(H,27,29);1H/t16-;/m0./s1. The van der Waals surface area contributed by atoms with Gasteiger partial charge in [0.25, 0.3) is 5.91 Å². The predicted octanol–water partition coefficient (Wildman–Crippen LogP) is 2.97. The number of carbonyl (C=O) groups excluding carboxylic acids is 2. The second kappa shape index (κ2) is 10.7. The number of hydrogen-bond acceptors (Lipinski definition) is 5. The van der Waals surface area contributed by atoms with Gasteiger partial charge in [0.2, 0.25) is 5.91 Å². The Hall–Kier alpha value is -2.70. The first kappa shape index (κ1) is 27.5. The number of hydrogen-bond donors (Lipinski definition) is 2. The van der Waals surface area contributed by atoms with Crippen LogP contribution >= 0.6 is 12.4 Å². The second-order valence-corrected chi connectivity index (χ2v) is 9.57. The molecular formula is C21H22ClF4N3O4S. The molecule has 0 radical (unpaired) electrons. The lowest BCUT2D eigenvalue weighted by atomic mass is 10.1. The lowest BCUT2D eigenvalue weighted by Gasteiger charge is -2.24. The van der Waals surface area contributed by atoms with Crippen molar-refractivity contribution in [1.29, 1.82) is 0 Å². The first-order valence-electron chi connectivity index (χ1n) is 9.91. The van der Waals surface area contributed by atoms with Crippen LogP contribution in [0.15, 0.2) is 47.4 Å². The van der Waals surface area contributed by atoms with Gasteiger partial charge in [-0.15, -0.1) is 12.4 Å². The van der Waals surface area contributed by atoms with Gasteiger partial charge in [-0.05, 0) is 24.1 Å². The van der Waals surface area contributed by atoms with E-state index in [0.29, 0.717) is 11.6 Å². The zero-order valence-corrected chi connectivity index (χ0v) is 19.3. The molecule has 3 N–H and O–H groups in total. The van der Waals surface area contributed by atoms with Crippen molar-refractivity contribution >= 4 is 39.7 Å². The Kier molecular flexibility index (Phi) is 8.67. The number of carbonyl (C=O) groups is 2. The lowest BCUT2D eigenvalue weighted by molar-refractivity contribution is -0.135. The molecular weight excluding hydrogens is 502 g/mol. The topological polar surface area (TPSA) is 110 Å². The smallest absolute Gasteiger partial charge is 0.352 e. The van der Waals surface area contributed by atoms with Gasteiger partial charge in [0.15, 0.2) is 9.84 Å². The van der Waals surface area contributed by atoms with Gasteiger partial charge in [-0.25, -0.2) is 12.8 Å². The third kappa shape index (κ3) is 6.45. The minimum Gasteiger partial charge on any atom is -0.352 e. The van der Waals surface area contributed by atoms with Crippen LogP contribution in [-0.4, -0.2) is 44.7 Å². The summed E-state index contributed by atoms with van der Waals surface area (Å²) in [7, 11) is -4.17. The second-order valence-electron chi connectivity index (χ2n) is 7.57. The molecule has 0 saturated carbocycles. The molecule has 0 spiro atoms. The van der Waals surface area contributed by atoms with Crippen molar-refractivity contribution in [3.8, 4) is 0 Å². The summed E-state index contributed by atoms with van der Waals surface area (Å²) in [5.41, 5.74) is 5.60. The molecule has 186 valence electrons.